The molecule has 1 aliphatic carbocycles. The lowest BCUT2D eigenvalue weighted by atomic mass is 9.85. The van der Waals surface area contributed by atoms with Gasteiger partial charge in [-0.1, -0.05) is 66.2 Å². The standard InChI is InChI=1S/C30H25NO4S/c1-19-11-14-22(15-12-19)36(33,34)31-27-18-21(35-2)13-16-26(27)29-28(32)17-20-7-3-4-8-23(20)24-9-5-6-10-25(24)30(29)31/h3-16,18,28,32H,17H2,1-2H3/t28-/m0/s1. The Morgan fingerprint density at radius 1 is 0.861 bits per heavy atom. The van der Waals surface area contributed by atoms with Crippen LogP contribution in [0.1, 0.15) is 22.8 Å². The van der Waals surface area contributed by atoms with Crippen LogP contribution < -0.4 is 4.74 Å². The van der Waals surface area contributed by atoms with Gasteiger partial charge in [-0.25, -0.2) is 12.4 Å². The number of methoxy groups -OCH3 is 1. The van der Waals surface area contributed by atoms with Gasteiger partial charge in [-0.15, -0.1) is 0 Å². The zero-order valence-corrected chi connectivity index (χ0v) is 20.8. The quantitative estimate of drug-likeness (QED) is 0.327. The number of benzene rings is 4. The molecule has 1 aromatic heterocycles. The summed E-state index contributed by atoms with van der Waals surface area (Å²) in [5, 5.41) is 12.3. The predicted octanol–water partition coefficient (Wildman–Crippen LogP) is 6.12. The van der Waals surface area contributed by atoms with E-state index in [1.165, 1.54) is 3.97 Å². The van der Waals surface area contributed by atoms with Gasteiger partial charge < -0.3 is 9.84 Å². The van der Waals surface area contributed by atoms with Crippen LogP contribution in [0.15, 0.2) is 95.9 Å². The first-order valence-corrected chi connectivity index (χ1v) is 13.2. The van der Waals surface area contributed by atoms with Gasteiger partial charge >= 0.3 is 0 Å². The van der Waals surface area contributed by atoms with Gasteiger partial charge in [-0.2, -0.15) is 0 Å². The van der Waals surface area contributed by atoms with E-state index >= 15 is 0 Å². The van der Waals surface area contributed by atoms with Crippen molar-refractivity contribution in [3.05, 3.63) is 108 Å². The van der Waals surface area contributed by atoms with E-state index in [-0.39, 0.29) is 4.90 Å². The Bertz CT molecular complexity index is 1730. The molecule has 180 valence electrons. The highest BCUT2D eigenvalue weighted by Gasteiger charge is 2.33. The molecule has 0 aliphatic heterocycles. The van der Waals surface area contributed by atoms with Crippen molar-refractivity contribution in [2.75, 3.05) is 7.11 Å². The number of hydrogen-bond donors (Lipinski definition) is 1. The predicted molar refractivity (Wildman–Crippen MR) is 142 cm³/mol. The zero-order chi connectivity index (χ0) is 25.0. The van der Waals surface area contributed by atoms with Crippen molar-refractivity contribution in [1.29, 1.82) is 0 Å². The van der Waals surface area contributed by atoms with Gasteiger partial charge in [0.25, 0.3) is 10.0 Å². The van der Waals surface area contributed by atoms with Gasteiger partial charge in [-0.05, 0) is 47.9 Å². The second kappa shape index (κ2) is 8.36. The van der Waals surface area contributed by atoms with E-state index in [2.05, 4.69) is 0 Å². The van der Waals surface area contributed by atoms with Crippen molar-refractivity contribution in [2.24, 2.45) is 0 Å². The first-order valence-electron chi connectivity index (χ1n) is 11.8. The normalized spacial score (nSPS) is 14.9. The van der Waals surface area contributed by atoms with E-state index < -0.39 is 16.1 Å². The smallest absolute Gasteiger partial charge is 0.268 e. The van der Waals surface area contributed by atoms with Crippen molar-refractivity contribution in [3.63, 3.8) is 0 Å². The number of aromatic nitrogens is 1. The van der Waals surface area contributed by atoms with Gasteiger partial charge in [0.2, 0.25) is 0 Å². The van der Waals surface area contributed by atoms with Crippen LogP contribution in [-0.4, -0.2) is 24.6 Å². The summed E-state index contributed by atoms with van der Waals surface area (Å²) in [6.07, 6.45) is -0.535. The molecule has 1 N–H and O–H groups in total. The van der Waals surface area contributed by atoms with Gasteiger partial charge in [0.15, 0.2) is 0 Å². The summed E-state index contributed by atoms with van der Waals surface area (Å²) in [6.45, 7) is 1.92. The van der Waals surface area contributed by atoms with Crippen LogP contribution in [0.25, 0.3) is 33.3 Å². The highest BCUT2D eigenvalue weighted by molar-refractivity contribution is 7.90. The molecule has 1 heterocycles. The van der Waals surface area contributed by atoms with E-state index in [1.54, 1.807) is 43.5 Å². The molecule has 0 saturated carbocycles. The fraction of sp³-hybridized carbons (Fsp3) is 0.133. The summed E-state index contributed by atoms with van der Waals surface area (Å²) in [7, 11) is -2.47. The molecule has 5 aromatic rings. The number of ether oxygens (including phenoxy) is 1. The van der Waals surface area contributed by atoms with Crippen molar-refractivity contribution < 1.29 is 18.3 Å². The van der Waals surface area contributed by atoms with E-state index in [4.69, 9.17) is 4.74 Å². The molecule has 0 radical (unpaired) electrons. The highest BCUT2D eigenvalue weighted by atomic mass is 32.2. The summed E-state index contributed by atoms with van der Waals surface area (Å²) in [5.74, 6) is 0.541. The monoisotopic (exact) mass is 495 g/mol. The molecular weight excluding hydrogens is 470 g/mol. The minimum atomic E-state index is -4.03. The zero-order valence-electron chi connectivity index (χ0n) is 20.0. The largest absolute Gasteiger partial charge is 0.497 e. The molecule has 4 aromatic carbocycles. The molecule has 6 heteroatoms. The lowest BCUT2D eigenvalue weighted by Crippen LogP contribution is -2.16. The maximum absolute atomic E-state index is 14.3. The summed E-state index contributed by atoms with van der Waals surface area (Å²) in [5.41, 5.74) is 6.21. The average molecular weight is 496 g/mol. The van der Waals surface area contributed by atoms with E-state index in [1.807, 2.05) is 61.5 Å². The Morgan fingerprint density at radius 2 is 1.53 bits per heavy atom. The molecule has 36 heavy (non-hydrogen) atoms. The lowest BCUT2D eigenvalue weighted by molar-refractivity contribution is 0.180. The fourth-order valence-electron chi connectivity index (χ4n) is 5.24. The Morgan fingerprint density at radius 3 is 2.25 bits per heavy atom. The minimum Gasteiger partial charge on any atom is -0.497 e. The third-order valence-corrected chi connectivity index (χ3v) is 8.70. The number of aliphatic hydroxyl groups is 1. The molecule has 0 amide bonds. The van der Waals surface area contributed by atoms with E-state index in [0.29, 0.717) is 34.3 Å². The first-order chi connectivity index (χ1) is 17.4. The average Bonchev–Trinajstić information content (AvgIpc) is 3.23. The maximum atomic E-state index is 14.3. The maximum Gasteiger partial charge on any atom is 0.268 e. The van der Waals surface area contributed by atoms with E-state index in [0.717, 1.165) is 27.8 Å². The van der Waals surface area contributed by atoms with Gasteiger partial charge in [0, 0.05) is 29.0 Å². The van der Waals surface area contributed by atoms with Crippen molar-refractivity contribution in [2.45, 2.75) is 24.3 Å². The summed E-state index contributed by atoms with van der Waals surface area (Å²) in [6, 6.07) is 28.0. The molecule has 1 aliphatic rings. The van der Waals surface area contributed by atoms with Gasteiger partial charge in [-0.3, -0.25) is 0 Å². The van der Waals surface area contributed by atoms with E-state index in [9.17, 15) is 13.5 Å². The van der Waals surface area contributed by atoms with Crippen LogP contribution in [0.5, 0.6) is 5.75 Å². The summed E-state index contributed by atoms with van der Waals surface area (Å²) >= 11 is 0. The highest BCUT2D eigenvalue weighted by Crippen LogP contribution is 2.47. The number of aryl methyl sites for hydroxylation is 1. The molecule has 5 nitrogen and oxygen atoms in total. The van der Waals surface area contributed by atoms with Crippen LogP contribution in [0, 0.1) is 6.92 Å². The van der Waals surface area contributed by atoms with Crippen molar-refractivity contribution in [3.8, 4) is 28.1 Å². The number of nitrogens with zero attached hydrogens (tertiary/aromatic N) is 1. The molecule has 6 rings (SSSR count). The van der Waals surface area contributed by atoms with Crippen LogP contribution in [0.2, 0.25) is 0 Å². The fourth-order valence-corrected chi connectivity index (χ4v) is 6.78. The van der Waals surface area contributed by atoms with Crippen LogP contribution in [0.3, 0.4) is 0 Å². The Hall–Kier alpha value is -3.87. The number of rotatable bonds is 3. The number of aliphatic hydroxyl groups excluding tert-OH is 1. The molecule has 0 spiro atoms. The lowest BCUT2D eigenvalue weighted by Gasteiger charge is -2.23. The SMILES string of the molecule is COc1ccc2c3c(n(S(=O)(=O)c4ccc(C)cc4)c2c1)-c1ccccc1-c1ccccc1C[C@@H]3O. The Balaban J connectivity index is 1.80. The molecule has 1 atom stereocenters. The molecule has 0 unspecified atom stereocenters. The van der Waals surface area contributed by atoms with Crippen molar-refractivity contribution >= 4 is 20.9 Å². The molecule has 0 bridgehead atoms. The third-order valence-electron chi connectivity index (χ3n) is 6.97. The van der Waals surface area contributed by atoms with Gasteiger partial charge in [0.05, 0.1) is 29.3 Å². The molecular formula is C30H25NO4S. The molecule has 0 fully saturated rings. The molecule has 0 saturated heterocycles. The van der Waals surface area contributed by atoms with Crippen LogP contribution in [-0.2, 0) is 16.4 Å². The van der Waals surface area contributed by atoms with Crippen LogP contribution >= 0.6 is 0 Å². The Kier molecular flexibility index (Phi) is 5.25. The first kappa shape index (κ1) is 22.6. The summed E-state index contributed by atoms with van der Waals surface area (Å²) < 4.78 is 35.4. The number of hydrogen-bond acceptors (Lipinski definition) is 4. The van der Waals surface area contributed by atoms with Crippen LogP contribution in [0.4, 0.5) is 0 Å². The van der Waals surface area contributed by atoms with Gasteiger partial charge in [0.1, 0.15) is 5.75 Å². The minimum absolute atomic E-state index is 0.185. The number of fused-ring (bicyclic) bond motifs is 7. The van der Waals surface area contributed by atoms with Crippen molar-refractivity contribution in [1.82, 2.24) is 3.97 Å². The Labute approximate surface area is 210 Å². The topological polar surface area (TPSA) is 68.5 Å². The summed E-state index contributed by atoms with van der Waals surface area (Å²) in [4.78, 5) is 0.185. The third kappa shape index (κ3) is 3.37. The second-order valence-electron chi connectivity index (χ2n) is 9.15. The second-order valence-corrected chi connectivity index (χ2v) is 10.9.